The van der Waals surface area contributed by atoms with Crippen LogP contribution in [-0.4, -0.2) is 27.4 Å². The zero-order valence-corrected chi connectivity index (χ0v) is 14.3. The Labute approximate surface area is 142 Å². The van der Waals surface area contributed by atoms with Crippen LogP contribution in [0, 0.1) is 0 Å². The van der Waals surface area contributed by atoms with Crippen molar-refractivity contribution in [2.75, 3.05) is 17.1 Å². The van der Waals surface area contributed by atoms with Gasteiger partial charge in [0.05, 0.1) is 17.7 Å². The van der Waals surface area contributed by atoms with E-state index in [1.165, 1.54) is 25.3 Å². The zero-order valence-electron chi connectivity index (χ0n) is 12.7. The lowest BCUT2D eigenvalue weighted by molar-refractivity contribution is -0.116. The van der Waals surface area contributed by atoms with Gasteiger partial charge in [0.2, 0.25) is 5.91 Å². The molecule has 0 fully saturated rings. The monoisotopic (exact) mass is 366 g/mol. The molecule has 1 aromatic carbocycles. The second-order valence-electron chi connectivity index (χ2n) is 5.13. The van der Waals surface area contributed by atoms with Crippen LogP contribution in [0.2, 0.25) is 0 Å². The number of esters is 1. The van der Waals surface area contributed by atoms with Gasteiger partial charge in [0.25, 0.3) is 10.0 Å². The lowest BCUT2D eigenvalue weighted by Crippen LogP contribution is -2.20. The van der Waals surface area contributed by atoms with E-state index in [4.69, 9.17) is 0 Å². The summed E-state index contributed by atoms with van der Waals surface area (Å²) >= 11 is 1.09. The van der Waals surface area contributed by atoms with Gasteiger partial charge in [-0.2, -0.15) is 0 Å². The molecule has 1 aliphatic heterocycles. The first kappa shape index (κ1) is 16.5. The van der Waals surface area contributed by atoms with Crippen LogP contribution >= 0.6 is 11.3 Å². The molecular formula is C15H14N2O5S2. The van der Waals surface area contributed by atoms with Gasteiger partial charge in [-0.3, -0.25) is 9.52 Å². The number of anilines is 2. The Kier molecular flexibility index (Phi) is 4.29. The fourth-order valence-electron chi connectivity index (χ4n) is 2.37. The summed E-state index contributed by atoms with van der Waals surface area (Å²) < 4.78 is 32.2. The summed E-state index contributed by atoms with van der Waals surface area (Å²) in [6.45, 7) is 0. The van der Waals surface area contributed by atoms with Gasteiger partial charge in [-0.05, 0) is 41.6 Å². The normalized spacial score (nSPS) is 13.8. The largest absolute Gasteiger partial charge is 0.465 e. The van der Waals surface area contributed by atoms with Gasteiger partial charge in [0.15, 0.2) is 0 Å². The lowest BCUT2D eigenvalue weighted by Gasteiger charge is -2.17. The first-order chi connectivity index (χ1) is 11.4. The van der Waals surface area contributed by atoms with Crippen molar-refractivity contribution in [1.29, 1.82) is 0 Å². The van der Waals surface area contributed by atoms with E-state index < -0.39 is 16.0 Å². The summed E-state index contributed by atoms with van der Waals surface area (Å²) in [5, 5.41) is 4.31. The highest BCUT2D eigenvalue weighted by atomic mass is 32.2. The molecule has 0 spiro atoms. The molecule has 0 aliphatic carbocycles. The summed E-state index contributed by atoms with van der Waals surface area (Å²) in [5.41, 5.74) is 1.56. The number of aryl methyl sites for hydroxylation is 1. The third-order valence-electron chi connectivity index (χ3n) is 3.56. The average molecular weight is 366 g/mol. The first-order valence-electron chi connectivity index (χ1n) is 7.02. The Morgan fingerprint density at radius 3 is 2.83 bits per heavy atom. The van der Waals surface area contributed by atoms with Crippen LogP contribution in [0.25, 0.3) is 0 Å². The fraction of sp³-hybridized carbons (Fsp3) is 0.200. The predicted molar refractivity (Wildman–Crippen MR) is 89.9 cm³/mol. The summed E-state index contributed by atoms with van der Waals surface area (Å²) in [7, 11) is -2.62. The van der Waals surface area contributed by atoms with Crippen LogP contribution in [0.3, 0.4) is 0 Å². The number of amides is 1. The van der Waals surface area contributed by atoms with Gasteiger partial charge < -0.3 is 10.1 Å². The molecule has 1 amide bonds. The summed E-state index contributed by atoms with van der Waals surface area (Å²) in [6.07, 6.45) is 0.803. The van der Waals surface area contributed by atoms with Gasteiger partial charge >= 0.3 is 5.97 Å². The number of rotatable bonds is 4. The molecule has 2 heterocycles. The van der Waals surface area contributed by atoms with Crippen molar-refractivity contribution in [3.05, 3.63) is 40.1 Å². The molecule has 1 aromatic heterocycles. The van der Waals surface area contributed by atoms with E-state index >= 15 is 0 Å². The minimum Gasteiger partial charge on any atom is -0.465 e. The Hall–Kier alpha value is -2.39. The summed E-state index contributed by atoms with van der Waals surface area (Å²) in [6, 6.07) is 6.02. The molecule has 2 aromatic rings. The number of fused-ring (bicyclic) bond motifs is 1. The topological polar surface area (TPSA) is 102 Å². The van der Waals surface area contributed by atoms with Gasteiger partial charge in [0, 0.05) is 12.1 Å². The highest BCUT2D eigenvalue weighted by molar-refractivity contribution is 7.92. The first-order valence-corrected chi connectivity index (χ1v) is 9.38. The molecule has 3 rings (SSSR count). The average Bonchev–Trinajstić information content (AvgIpc) is 3.00. The van der Waals surface area contributed by atoms with Crippen molar-refractivity contribution in [2.24, 2.45) is 0 Å². The molecule has 7 nitrogen and oxygen atoms in total. The van der Waals surface area contributed by atoms with Crippen LogP contribution in [0.5, 0.6) is 0 Å². The van der Waals surface area contributed by atoms with E-state index in [2.05, 4.69) is 14.8 Å². The third-order valence-corrected chi connectivity index (χ3v) is 5.82. The molecule has 0 saturated heterocycles. The maximum absolute atomic E-state index is 12.6. The lowest BCUT2D eigenvalue weighted by atomic mass is 10.0. The highest BCUT2D eigenvalue weighted by Gasteiger charge is 2.22. The number of nitrogens with one attached hydrogen (secondary N) is 2. The Bertz CT molecular complexity index is 918. The van der Waals surface area contributed by atoms with E-state index in [0.29, 0.717) is 18.5 Å². The molecular weight excluding hydrogens is 352 g/mol. The quantitative estimate of drug-likeness (QED) is 0.808. The minimum atomic E-state index is -3.86. The molecule has 24 heavy (non-hydrogen) atoms. The number of benzene rings is 1. The number of hydrogen-bond donors (Lipinski definition) is 2. The number of ether oxygens (including phenoxy) is 1. The van der Waals surface area contributed by atoms with Crippen LogP contribution in [0.15, 0.2) is 34.5 Å². The smallest absolute Gasteiger partial charge is 0.350 e. The number of thiophene rings is 1. The number of carbonyl (C=O) groups excluding carboxylic acids is 2. The SMILES string of the molecule is COC(=O)c1sccc1NS(=O)(=O)c1ccc2c(c1)CCC(=O)N2. The second-order valence-corrected chi connectivity index (χ2v) is 7.73. The van der Waals surface area contributed by atoms with E-state index in [0.717, 1.165) is 16.9 Å². The van der Waals surface area contributed by atoms with Gasteiger partial charge in [-0.15, -0.1) is 11.3 Å². The van der Waals surface area contributed by atoms with Crippen molar-refractivity contribution >= 4 is 44.6 Å². The van der Waals surface area contributed by atoms with Crippen molar-refractivity contribution < 1.29 is 22.7 Å². The van der Waals surface area contributed by atoms with Crippen molar-refractivity contribution in [1.82, 2.24) is 0 Å². The molecule has 2 N–H and O–H groups in total. The maximum Gasteiger partial charge on any atom is 0.350 e. The minimum absolute atomic E-state index is 0.0689. The van der Waals surface area contributed by atoms with Gasteiger partial charge in [0.1, 0.15) is 4.88 Å². The van der Waals surface area contributed by atoms with Crippen LogP contribution in [-0.2, 0) is 26.0 Å². The molecule has 9 heteroatoms. The Balaban J connectivity index is 1.90. The summed E-state index contributed by atoms with van der Waals surface area (Å²) in [5.74, 6) is -0.687. The summed E-state index contributed by atoms with van der Waals surface area (Å²) in [4.78, 5) is 23.3. The molecule has 0 atom stereocenters. The van der Waals surface area contributed by atoms with Crippen LogP contribution < -0.4 is 10.0 Å². The van der Waals surface area contributed by atoms with E-state index in [-0.39, 0.29) is 21.4 Å². The number of carbonyl (C=O) groups is 2. The number of hydrogen-bond acceptors (Lipinski definition) is 6. The van der Waals surface area contributed by atoms with E-state index in [9.17, 15) is 18.0 Å². The van der Waals surface area contributed by atoms with Gasteiger partial charge in [-0.1, -0.05) is 0 Å². The fourth-order valence-corrected chi connectivity index (χ4v) is 4.32. The zero-order chi connectivity index (χ0) is 17.3. The number of sulfonamides is 1. The highest BCUT2D eigenvalue weighted by Crippen LogP contribution is 2.29. The molecule has 1 aliphatic rings. The molecule has 0 bridgehead atoms. The molecule has 0 radical (unpaired) electrons. The second kappa shape index (κ2) is 6.25. The van der Waals surface area contributed by atoms with Crippen molar-refractivity contribution in [2.45, 2.75) is 17.7 Å². The molecule has 0 unspecified atom stereocenters. The van der Waals surface area contributed by atoms with E-state index in [1.54, 1.807) is 11.4 Å². The van der Waals surface area contributed by atoms with Crippen molar-refractivity contribution in [3.63, 3.8) is 0 Å². The standard InChI is InChI=1S/C15H14N2O5S2/c1-22-15(19)14-12(6-7-23-14)17-24(20,21)10-3-4-11-9(8-10)2-5-13(18)16-11/h3-4,6-8,17H,2,5H2,1H3,(H,16,18). The third kappa shape index (κ3) is 3.13. The molecule has 0 saturated carbocycles. The van der Waals surface area contributed by atoms with Crippen LogP contribution in [0.1, 0.15) is 21.7 Å². The van der Waals surface area contributed by atoms with Gasteiger partial charge in [-0.25, -0.2) is 13.2 Å². The van der Waals surface area contributed by atoms with Crippen LogP contribution in [0.4, 0.5) is 11.4 Å². The predicted octanol–water partition coefficient (Wildman–Crippen LogP) is 2.22. The maximum atomic E-state index is 12.6. The Morgan fingerprint density at radius 1 is 1.29 bits per heavy atom. The number of methoxy groups -OCH3 is 1. The molecule has 126 valence electrons. The van der Waals surface area contributed by atoms with Crippen molar-refractivity contribution in [3.8, 4) is 0 Å². The Morgan fingerprint density at radius 2 is 2.08 bits per heavy atom. The van der Waals surface area contributed by atoms with E-state index in [1.807, 2.05) is 0 Å².